The zero-order chi connectivity index (χ0) is 27.4. The zero-order valence-corrected chi connectivity index (χ0v) is 23.0. The number of carbonyl (C=O) groups is 2. The first-order valence-corrected chi connectivity index (χ1v) is 13.0. The Labute approximate surface area is 220 Å². The molecule has 1 saturated carbocycles. The highest BCUT2D eigenvalue weighted by Crippen LogP contribution is 2.57. The maximum atomic E-state index is 12.2. The van der Waals surface area contributed by atoms with Crippen LogP contribution in [-0.2, 0) is 21.4 Å². The van der Waals surface area contributed by atoms with Gasteiger partial charge < -0.3 is 20.3 Å². The molecule has 0 bridgehead atoms. The van der Waals surface area contributed by atoms with Gasteiger partial charge in [-0.15, -0.1) is 0 Å². The van der Waals surface area contributed by atoms with Crippen LogP contribution in [0.5, 0.6) is 11.5 Å². The second kappa shape index (κ2) is 11.4. The molecule has 37 heavy (non-hydrogen) atoms. The van der Waals surface area contributed by atoms with Gasteiger partial charge in [0.25, 0.3) is 0 Å². The summed E-state index contributed by atoms with van der Waals surface area (Å²) < 4.78 is 10.1. The van der Waals surface area contributed by atoms with Crippen LogP contribution in [0.25, 0.3) is 6.08 Å². The Balaban J connectivity index is 0.000000222. The number of benzene rings is 2. The van der Waals surface area contributed by atoms with E-state index < -0.39 is 5.97 Å². The minimum atomic E-state index is -0.982. The van der Waals surface area contributed by atoms with Crippen molar-refractivity contribution in [3.8, 4) is 11.5 Å². The van der Waals surface area contributed by atoms with E-state index in [1.165, 1.54) is 36.3 Å². The van der Waals surface area contributed by atoms with E-state index in [9.17, 15) is 9.59 Å². The predicted octanol–water partition coefficient (Wildman–Crippen LogP) is 6.11. The van der Waals surface area contributed by atoms with Crippen molar-refractivity contribution in [2.24, 2.45) is 17.1 Å². The molecule has 0 aromatic heterocycles. The smallest absolute Gasteiger partial charge is 0.328 e. The standard InChI is InChI=1S/C20H29NO.C11H12O4/c1-13(2)14-6-8-16-15(12-14)7-9-17-19(16,3)10-5-11-20(17,4)18(21)22;1-14-9-5-3-8(4-6-11(12)13)7-10(9)15-2/h6,8,12-13,17H,5,7,9-11H2,1-4H3,(H2,21,22);3-7H,1-2H3,(H,12,13). The van der Waals surface area contributed by atoms with Gasteiger partial charge in [-0.1, -0.05) is 58.4 Å². The third kappa shape index (κ3) is 5.84. The molecule has 0 aliphatic heterocycles. The van der Waals surface area contributed by atoms with Gasteiger partial charge in [-0.05, 0) is 83.4 Å². The number of aryl methyl sites for hydroxylation is 1. The summed E-state index contributed by atoms with van der Waals surface area (Å²) in [6, 6.07) is 12.2. The number of nitrogens with two attached hydrogens (primary N) is 1. The normalized spacial score (nSPS) is 24.5. The van der Waals surface area contributed by atoms with Gasteiger partial charge in [0, 0.05) is 11.5 Å². The van der Waals surface area contributed by atoms with Crippen LogP contribution in [-0.4, -0.2) is 31.2 Å². The highest BCUT2D eigenvalue weighted by atomic mass is 16.5. The largest absolute Gasteiger partial charge is 0.493 e. The van der Waals surface area contributed by atoms with Crippen molar-refractivity contribution in [3.63, 3.8) is 0 Å². The molecule has 0 spiro atoms. The average molecular weight is 508 g/mol. The molecule has 0 saturated heterocycles. The van der Waals surface area contributed by atoms with Crippen molar-refractivity contribution in [2.45, 2.75) is 71.1 Å². The van der Waals surface area contributed by atoms with Crippen molar-refractivity contribution in [2.75, 3.05) is 14.2 Å². The van der Waals surface area contributed by atoms with Crippen LogP contribution in [0.3, 0.4) is 0 Å². The van der Waals surface area contributed by atoms with E-state index in [-0.39, 0.29) is 16.7 Å². The van der Waals surface area contributed by atoms with Crippen LogP contribution in [0, 0.1) is 11.3 Å². The van der Waals surface area contributed by atoms with Crippen molar-refractivity contribution < 1.29 is 24.2 Å². The summed E-state index contributed by atoms with van der Waals surface area (Å²) >= 11 is 0. The summed E-state index contributed by atoms with van der Waals surface area (Å²) in [5.41, 5.74) is 10.7. The summed E-state index contributed by atoms with van der Waals surface area (Å²) in [4.78, 5) is 22.5. The van der Waals surface area contributed by atoms with Gasteiger partial charge in [0.15, 0.2) is 11.5 Å². The summed E-state index contributed by atoms with van der Waals surface area (Å²) in [6.45, 7) is 8.97. The fraction of sp³-hybridized carbons (Fsp3) is 0.484. The first-order chi connectivity index (χ1) is 17.5. The molecule has 3 unspecified atom stereocenters. The lowest BCUT2D eigenvalue weighted by Crippen LogP contribution is -2.54. The Hall–Kier alpha value is -3.28. The number of carboxylic acid groups (broad SMARTS) is 1. The number of methoxy groups -OCH3 is 2. The molecule has 6 heteroatoms. The lowest BCUT2D eigenvalue weighted by atomic mass is 9.49. The number of carboxylic acids is 1. The molecular formula is C31H41NO5. The second-order valence-corrected chi connectivity index (χ2v) is 11.0. The van der Waals surface area contributed by atoms with E-state index in [1.54, 1.807) is 25.3 Å². The first kappa shape index (κ1) is 28.3. The quantitative estimate of drug-likeness (QED) is 0.460. The molecule has 6 nitrogen and oxygen atoms in total. The van der Waals surface area contributed by atoms with Gasteiger partial charge in [0.2, 0.25) is 5.91 Å². The molecule has 1 fully saturated rings. The molecule has 3 atom stereocenters. The second-order valence-electron chi connectivity index (χ2n) is 11.0. The summed E-state index contributed by atoms with van der Waals surface area (Å²) in [5.74, 6) is 1.05. The molecule has 200 valence electrons. The highest BCUT2D eigenvalue weighted by Gasteiger charge is 2.54. The lowest BCUT2D eigenvalue weighted by Gasteiger charge is -2.54. The minimum absolute atomic E-state index is 0.102. The summed E-state index contributed by atoms with van der Waals surface area (Å²) in [5, 5.41) is 8.46. The topological polar surface area (TPSA) is 98.9 Å². The van der Waals surface area contributed by atoms with Crippen molar-refractivity contribution in [3.05, 3.63) is 64.7 Å². The summed E-state index contributed by atoms with van der Waals surface area (Å²) in [6.07, 6.45) is 7.95. The van der Waals surface area contributed by atoms with E-state index in [0.29, 0.717) is 23.3 Å². The van der Waals surface area contributed by atoms with Gasteiger partial charge in [-0.25, -0.2) is 4.79 Å². The van der Waals surface area contributed by atoms with E-state index >= 15 is 0 Å². The van der Waals surface area contributed by atoms with E-state index in [4.69, 9.17) is 20.3 Å². The highest BCUT2D eigenvalue weighted by molar-refractivity contribution is 5.85. The molecule has 0 radical (unpaired) electrons. The van der Waals surface area contributed by atoms with Crippen LogP contribution in [0.2, 0.25) is 0 Å². The number of hydrogen-bond donors (Lipinski definition) is 2. The van der Waals surface area contributed by atoms with Gasteiger partial charge >= 0.3 is 5.97 Å². The van der Waals surface area contributed by atoms with Crippen LogP contribution < -0.4 is 15.2 Å². The summed E-state index contributed by atoms with van der Waals surface area (Å²) in [7, 11) is 3.08. The van der Waals surface area contributed by atoms with Gasteiger partial charge in [-0.2, -0.15) is 0 Å². The van der Waals surface area contributed by atoms with Crippen molar-refractivity contribution in [1.82, 2.24) is 0 Å². The number of aliphatic carboxylic acids is 1. The zero-order valence-electron chi connectivity index (χ0n) is 23.0. The lowest BCUT2D eigenvalue weighted by molar-refractivity contribution is -0.135. The van der Waals surface area contributed by atoms with Crippen LogP contribution in [0.4, 0.5) is 0 Å². The number of primary amides is 1. The number of ether oxygens (including phenoxy) is 2. The predicted molar refractivity (Wildman–Crippen MR) is 147 cm³/mol. The third-order valence-electron chi connectivity index (χ3n) is 8.43. The van der Waals surface area contributed by atoms with Crippen molar-refractivity contribution in [1.29, 1.82) is 0 Å². The number of amides is 1. The van der Waals surface area contributed by atoms with Gasteiger partial charge in [0.05, 0.1) is 14.2 Å². The molecular weight excluding hydrogens is 466 g/mol. The van der Waals surface area contributed by atoms with E-state index in [0.717, 1.165) is 37.3 Å². The average Bonchev–Trinajstić information content (AvgIpc) is 2.87. The molecule has 4 rings (SSSR count). The maximum absolute atomic E-state index is 12.2. The number of fused-ring (bicyclic) bond motifs is 3. The van der Waals surface area contributed by atoms with Crippen LogP contribution >= 0.6 is 0 Å². The third-order valence-corrected chi connectivity index (χ3v) is 8.43. The number of rotatable bonds is 6. The van der Waals surface area contributed by atoms with Gasteiger partial charge in [-0.3, -0.25) is 4.79 Å². The Morgan fingerprint density at radius 3 is 2.35 bits per heavy atom. The van der Waals surface area contributed by atoms with Crippen LogP contribution in [0.15, 0.2) is 42.5 Å². The van der Waals surface area contributed by atoms with Gasteiger partial charge in [0.1, 0.15) is 0 Å². The number of hydrogen-bond acceptors (Lipinski definition) is 4. The monoisotopic (exact) mass is 507 g/mol. The van der Waals surface area contributed by atoms with Crippen molar-refractivity contribution >= 4 is 18.0 Å². The SMILES string of the molecule is CC(C)c1ccc2c(c1)CCC1C(C)(C(N)=O)CCCC21C.COc1ccc(C=CC(=O)O)cc1OC. The van der Waals surface area contributed by atoms with E-state index in [1.807, 2.05) is 0 Å². The Morgan fingerprint density at radius 1 is 1.05 bits per heavy atom. The molecule has 0 heterocycles. The molecule has 2 aromatic carbocycles. The Bertz CT molecular complexity index is 1170. The number of carbonyl (C=O) groups excluding carboxylic acids is 1. The Kier molecular flexibility index (Phi) is 8.72. The fourth-order valence-electron chi connectivity index (χ4n) is 6.29. The fourth-order valence-corrected chi connectivity index (χ4v) is 6.29. The first-order valence-electron chi connectivity index (χ1n) is 13.0. The maximum Gasteiger partial charge on any atom is 0.328 e. The van der Waals surface area contributed by atoms with Crippen LogP contribution in [0.1, 0.15) is 81.5 Å². The molecule has 2 aliphatic rings. The molecule has 1 amide bonds. The Morgan fingerprint density at radius 2 is 1.76 bits per heavy atom. The van der Waals surface area contributed by atoms with E-state index in [2.05, 4.69) is 45.9 Å². The molecule has 3 N–H and O–H groups in total. The minimum Gasteiger partial charge on any atom is -0.493 e. The molecule has 2 aliphatic carbocycles. The molecule has 2 aromatic rings.